The third-order valence-corrected chi connectivity index (χ3v) is 3.89. The van der Waals surface area contributed by atoms with Crippen LogP contribution in [0.4, 0.5) is 0 Å². The summed E-state index contributed by atoms with van der Waals surface area (Å²) in [4.78, 5) is 0. The number of rotatable bonds is 2. The van der Waals surface area contributed by atoms with E-state index in [4.69, 9.17) is 4.74 Å². The summed E-state index contributed by atoms with van der Waals surface area (Å²) in [5.74, 6) is 1.93. The summed E-state index contributed by atoms with van der Waals surface area (Å²) >= 11 is 0. The zero-order valence-corrected chi connectivity index (χ0v) is 8.80. The minimum absolute atomic E-state index is 0.615. The predicted molar refractivity (Wildman–Crippen MR) is 54.7 cm³/mol. The minimum Gasteiger partial charge on any atom is -0.378 e. The maximum atomic E-state index is 5.85. The fourth-order valence-electron chi connectivity index (χ4n) is 3.30. The van der Waals surface area contributed by atoms with Crippen molar-refractivity contribution in [1.82, 2.24) is 0 Å². The largest absolute Gasteiger partial charge is 0.378 e. The highest BCUT2D eigenvalue weighted by molar-refractivity contribution is 4.85. The number of hydrogen-bond donors (Lipinski definition) is 0. The molecule has 0 aromatic rings. The van der Waals surface area contributed by atoms with Crippen LogP contribution in [0, 0.1) is 11.8 Å². The molecular formula is C12H22O. The first kappa shape index (κ1) is 9.51. The molecule has 0 amide bonds. The van der Waals surface area contributed by atoms with Crippen molar-refractivity contribution in [2.45, 2.75) is 58.0 Å². The SMILES string of the molecule is CCOC1CCCC2CCCCC21. The van der Waals surface area contributed by atoms with Crippen molar-refractivity contribution in [3.63, 3.8) is 0 Å². The minimum atomic E-state index is 0.615. The van der Waals surface area contributed by atoms with Crippen LogP contribution in [0.25, 0.3) is 0 Å². The van der Waals surface area contributed by atoms with Crippen LogP contribution in [0.3, 0.4) is 0 Å². The second kappa shape index (κ2) is 4.45. The van der Waals surface area contributed by atoms with Crippen molar-refractivity contribution >= 4 is 0 Å². The molecule has 2 aliphatic rings. The Hall–Kier alpha value is -0.0400. The van der Waals surface area contributed by atoms with Crippen molar-refractivity contribution in [1.29, 1.82) is 0 Å². The monoisotopic (exact) mass is 182 g/mol. The highest BCUT2D eigenvalue weighted by Gasteiger charge is 2.34. The van der Waals surface area contributed by atoms with Gasteiger partial charge in [-0.05, 0) is 38.0 Å². The summed E-state index contributed by atoms with van der Waals surface area (Å²) in [5, 5.41) is 0. The molecule has 3 unspecified atom stereocenters. The smallest absolute Gasteiger partial charge is 0.0605 e. The molecule has 0 aromatic heterocycles. The van der Waals surface area contributed by atoms with Crippen molar-refractivity contribution < 1.29 is 4.74 Å². The van der Waals surface area contributed by atoms with Crippen molar-refractivity contribution in [2.24, 2.45) is 11.8 Å². The van der Waals surface area contributed by atoms with Crippen LogP contribution < -0.4 is 0 Å². The second-order valence-corrected chi connectivity index (χ2v) is 4.63. The molecule has 3 atom stereocenters. The predicted octanol–water partition coefficient (Wildman–Crippen LogP) is 3.38. The highest BCUT2D eigenvalue weighted by atomic mass is 16.5. The normalized spacial score (nSPS) is 39.9. The quantitative estimate of drug-likeness (QED) is 0.636. The van der Waals surface area contributed by atoms with Gasteiger partial charge in [0.05, 0.1) is 6.10 Å². The van der Waals surface area contributed by atoms with Crippen LogP contribution >= 0.6 is 0 Å². The van der Waals surface area contributed by atoms with Crippen molar-refractivity contribution in [3.8, 4) is 0 Å². The third-order valence-electron chi connectivity index (χ3n) is 3.89. The van der Waals surface area contributed by atoms with Gasteiger partial charge < -0.3 is 4.74 Å². The Morgan fingerprint density at radius 2 is 1.77 bits per heavy atom. The molecule has 2 rings (SSSR count). The number of fused-ring (bicyclic) bond motifs is 1. The van der Waals surface area contributed by atoms with E-state index in [2.05, 4.69) is 6.92 Å². The molecule has 0 heterocycles. The molecule has 0 bridgehead atoms. The van der Waals surface area contributed by atoms with E-state index in [0.717, 1.165) is 18.4 Å². The summed E-state index contributed by atoms with van der Waals surface area (Å²) in [5.41, 5.74) is 0. The molecule has 0 radical (unpaired) electrons. The molecule has 0 saturated heterocycles. The van der Waals surface area contributed by atoms with E-state index in [0.29, 0.717) is 6.10 Å². The van der Waals surface area contributed by atoms with E-state index in [1.54, 1.807) is 0 Å². The standard InChI is InChI=1S/C12H22O/c1-2-13-12-9-5-7-10-6-3-4-8-11(10)12/h10-12H,2-9H2,1H3. The van der Waals surface area contributed by atoms with E-state index in [-0.39, 0.29) is 0 Å². The molecule has 2 saturated carbocycles. The first-order chi connectivity index (χ1) is 6.42. The van der Waals surface area contributed by atoms with Gasteiger partial charge >= 0.3 is 0 Å². The molecule has 0 N–H and O–H groups in total. The molecule has 2 fully saturated rings. The summed E-state index contributed by atoms with van der Waals surface area (Å²) < 4.78 is 5.85. The van der Waals surface area contributed by atoms with Crippen LogP contribution in [-0.2, 0) is 4.74 Å². The molecule has 1 heteroatoms. The summed E-state index contributed by atoms with van der Waals surface area (Å²) in [7, 11) is 0. The van der Waals surface area contributed by atoms with E-state index in [1.165, 1.54) is 44.9 Å². The van der Waals surface area contributed by atoms with Crippen LogP contribution in [-0.4, -0.2) is 12.7 Å². The number of hydrogen-bond acceptors (Lipinski definition) is 1. The lowest BCUT2D eigenvalue weighted by atomic mass is 9.69. The molecule has 1 nitrogen and oxygen atoms in total. The molecular weight excluding hydrogens is 160 g/mol. The summed E-state index contributed by atoms with van der Waals surface area (Å²) in [6, 6.07) is 0. The second-order valence-electron chi connectivity index (χ2n) is 4.63. The lowest BCUT2D eigenvalue weighted by Crippen LogP contribution is -2.36. The zero-order chi connectivity index (χ0) is 9.10. The Kier molecular flexibility index (Phi) is 3.26. The Balaban J connectivity index is 1.94. The average Bonchev–Trinajstić information content (AvgIpc) is 2.19. The lowest BCUT2D eigenvalue weighted by molar-refractivity contribution is -0.0417. The topological polar surface area (TPSA) is 9.23 Å². The van der Waals surface area contributed by atoms with Gasteiger partial charge in [-0.1, -0.05) is 25.7 Å². The van der Waals surface area contributed by atoms with Gasteiger partial charge in [-0.25, -0.2) is 0 Å². The van der Waals surface area contributed by atoms with Crippen LogP contribution in [0.15, 0.2) is 0 Å². The van der Waals surface area contributed by atoms with E-state index in [9.17, 15) is 0 Å². The number of ether oxygens (including phenoxy) is 1. The lowest BCUT2D eigenvalue weighted by Gasteiger charge is -2.41. The highest BCUT2D eigenvalue weighted by Crippen LogP contribution is 2.41. The van der Waals surface area contributed by atoms with Gasteiger partial charge in [0.25, 0.3) is 0 Å². The summed E-state index contributed by atoms with van der Waals surface area (Å²) in [6.07, 6.45) is 10.7. The molecule has 13 heavy (non-hydrogen) atoms. The maximum Gasteiger partial charge on any atom is 0.0605 e. The third kappa shape index (κ3) is 2.07. The van der Waals surface area contributed by atoms with Gasteiger partial charge in [0.1, 0.15) is 0 Å². The Labute approximate surface area is 81.9 Å². The first-order valence-corrected chi connectivity index (χ1v) is 6.03. The van der Waals surface area contributed by atoms with Crippen molar-refractivity contribution in [3.05, 3.63) is 0 Å². The molecule has 0 spiro atoms. The van der Waals surface area contributed by atoms with Crippen molar-refractivity contribution in [2.75, 3.05) is 6.61 Å². The first-order valence-electron chi connectivity index (χ1n) is 6.03. The van der Waals surface area contributed by atoms with E-state index in [1.807, 2.05) is 0 Å². The Bertz CT molecular complexity index is 151. The van der Waals surface area contributed by atoms with Gasteiger partial charge in [-0.3, -0.25) is 0 Å². The maximum absolute atomic E-state index is 5.85. The fourth-order valence-corrected chi connectivity index (χ4v) is 3.30. The van der Waals surface area contributed by atoms with Crippen LogP contribution in [0.1, 0.15) is 51.9 Å². The summed E-state index contributed by atoms with van der Waals surface area (Å²) in [6.45, 7) is 3.04. The van der Waals surface area contributed by atoms with E-state index >= 15 is 0 Å². The zero-order valence-electron chi connectivity index (χ0n) is 8.80. The average molecular weight is 182 g/mol. The molecule has 0 aromatic carbocycles. The van der Waals surface area contributed by atoms with Gasteiger partial charge in [0.15, 0.2) is 0 Å². The Morgan fingerprint density at radius 3 is 2.62 bits per heavy atom. The molecule has 2 aliphatic carbocycles. The van der Waals surface area contributed by atoms with E-state index < -0.39 is 0 Å². The molecule has 0 aliphatic heterocycles. The van der Waals surface area contributed by atoms with Gasteiger partial charge in [0.2, 0.25) is 0 Å². The fraction of sp³-hybridized carbons (Fsp3) is 1.00. The van der Waals surface area contributed by atoms with Crippen LogP contribution in [0.2, 0.25) is 0 Å². The molecule has 76 valence electrons. The van der Waals surface area contributed by atoms with Crippen LogP contribution in [0.5, 0.6) is 0 Å². The van der Waals surface area contributed by atoms with Gasteiger partial charge in [0, 0.05) is 6.61 Å². The Morgan fingerprint density at radius 1 is 1.00 bits per heavy atom. The van der Waals surface area contributed by atoms with Gasteiger partial charge in [-0.2, -0.15) is 0 Å². The van der Waals surface area contributed by atoms with Gasteiger partial charge in [-0.15, -0.1) is 0 Å².